The summed E-state index contributed by atoms with van der Waals surface area (Å²) in [4.78, 5) is 2.89. The summed E-state index contributed by atoms with van der Waals surface area (Å²) in [5.41, 5.74) is 0. The highest BCUT2D eigenvalue weighted by Gasteiger charge is 2.06. The van der Waals surface area contributed by atoms with Crippen LogP contribution in [0.3, 0.4) is 0 Å². The van der Waals surface area contributed by atoms with E-state index in [4.69, 9.17) is 0 Å². The second kappa shape index (κ2) is 63.2. The van der Waals surface area contributed by atoms with Crippen molar-refractivity contribution in [1.82, 2.24) is 4.90 Å². The largest absolute Gasteiger partial charge is 0.303 e. The first kappa shape index (κ1) is 66.2. The lowest BCUT2D eigenvalue weighted by atomic mass is 10.0. The lowest BCUT2D eigenvalue weighted by Gasteiger charge is -2.22. The molecule has 0 aliphatic rings. The molecule has 0 aromatic carbocycles. The molecule has 0 amide bonds. The third kappa shape index (κ3) is 61.2. The van der Waals surface area contributed by atoms with Crippen LogP contribution >= 0.6 is 0 Å². The molecular weight excluding hydrogens is 807 g/mol. The summed E-state index contributed by atoms with van der Waals surface area (Å²) >= 11 is 0. The third-order valence-corrected chi connectivity index (χ3v) is 15.0. The molecular formula is C66H129N. The molecule has 0 aromatic rings. The Morgan fingerprint density at radius 2 is 0.299 bits per heavy atom. The van der Waals surface area contributed by atoms with Gasteiger partial charge in [0.15, 0.2) is 0 Å². The minimum atomic E-state index is 1.31. The molecule has 0 aliphatic heterocycles. The average Bonchev–Trinajstić information content (AvgIpc) is 3.34. The SMILES string of the molecule is CCCCCCCC/C=C\CCCCCCCCCCCCN(CCCCCCCCCCCC/C=C\CCCCCCCC)CCCCCCCCCCCC/C=C\CCCCCCCC. The predicted octanol–water partition coefficient (Wildman–Crippen LogP) is 24.1. The van der Waals surface area contributed by atoms with E-state index in [1.54, 1.807) is 0 Å². The highest BCUT2D eigenvalue weighted by molar-refractivity contribution is 4.83. The predicted molar refractivity (Wildman–Crippen MR) is 310 cm³/mol. The Balaban J connectivity index is 4.04. The quantitative estimate of drug-likeness (QED) is 0.0434. The molecule has 0 aliphatic carbocycles. The minimum Gasteiger partial charge on any atom is -0.303 e. The van der Waals surface area contributed by atoms with Crippen molar-refractivity contribution >= 4 is 0 Å². The number of nitrogens with zero attached hydrogens (tertiary/aromatic N) is 1. The zero-order valence-electron chi connectivity index (χ0n) is 47.2. The van der Waals surface area contributed by atoms with E-state index in [9.17, 15) is 0 Å². The molecule has 0 bridgehead atoms. The fourth-order valence-electron chi connectivity index (χ4n) is 10.2. The van der Waals surface area contributed by atoms with Gasteiger partial charge in [0.1, 0.15) is 0 Å². The van der Waals surface area contributed by atoms with Crippen molar-refractivity contribution in [3.8, 4) is 0 Å². The van der Waals surface area contributed by atoms with Gasteiger partial charge >= 0.3 is 0 Å². The van der Waals surface area contributed by atoms with Gasteiger partial charge in [0, 0.05) is 0 Å². The van der Waals surface area contributed by atoms with E-state index >= 15 is 0 Å². The van der Waals surface area contributed by atoms with Crippen molar-refractivity contribution < 1.29 is 0 Å². The van der Waals surface area contributed by atoms with E-state index in [1.807, 2.05) is 0 Å². The van der Waals surface area contributed by atoms with Crippen LogP contribution in [0.4, 0.5) is 0 Å². The van der Waals surface area contributed by atoms with Gasteiger partial charge in [0.25, 0.3) is 0 Å². The first-order chi connectivity index (χ1) is 33.3. The first-order valence-corrected chi connectivity index (χ1v) is 32.0. The maximum Gasteiger partial charge on any atom is -0.00187 e. The van der Waals surface area contributed by atoms with Gasteiger partial charge < -0.3 is 4.90 Å². The Morgan fingerprint density at radius 3 is 0.463 bits per heavy atom. The maximum absolute atomic E-state index is 2.89. The van der Waals surface area contributed by atoms with Crippen molar-refractivity contribution in [2.45, 2.75) is 367 Å². The fourth-order valence-corrected chi connectivity index (χ4v) is 10.2. The first-order valence-electron chi connectivity index (χ1n) is 32.0. The number of hydrogen-bond acceptors (Lipinski definition) is 1. The third-order valence-electron chi connectivity index (χ3n) is 15.0. The van der Waals surface area contributed by atoms with Gasteiger partial charge in [-0.05, 0) is 116 Å². The number of rotatable bonds is 60. The standard InChI is InChI=1S/C66H129N/c1-4-7-10-13-16-19-22-25-28-31-34-37-40-43-46-49-52-55-58-61-64-67(65-62-59-56-53-50-47-44-41-38-35-32-29-26-23-20-17-14-11-8-5-2)66-63-60-57-54-51-48-45-42-39-36-33-30-27-24-21-18-15-12-9-6-3/h25-30H,4-24,31-66H2,1-3H3/b28-25-,29-26-,30-27-. The molecule has 0 unspecified atom stereocenters. The normalized spacial score (nSPS) is 12.2. The van der Waals surface area contributed by atoms with E-state index in [-0.39, 0.29) is 0 Å². The zero-order chi connectivity index (χ0) is 48.1. The van der Waals surface area contributed by atoms with Crippen LogP contribution in [0, 0.1) is 0 Å². The molecule has 1 heteroatoms. The van der Waals surface area contributed by atoms with E-state index in [0.29, 0.717) is 0 Å². The van der Waals surface area contributed by atoms with E-state index < -0.39 is 0 Å². The Labute approximate surface area is 426 Å². The summed E-state index contributed by atoms with van der Waals surface area (Å²) in [7, 11) is 0. The van der Waals surface area contributed by atoms with Crippen LogP contribution < -0.4 is 0 Å². The minimum absolute atomic E-state index is 1.31. The second-order valence-corrected chi connectivity index (χ2v) is 21.9. The van der Waals surface area contributed by atoms with Gasteiger partial charge in [-0.1, -0.05) is 308 Å². The summed E-state index contributed by atoms with van der Waals surface area (Å²) < 4.78 is 0. The Bertz CT molecular complexity index is 811. The number of hydrogen-bond donors (Lipinski definition) is 0. The zero-order valence-corrected chi connectivity index (χ0v) is 47.2. The van der Waals surface area contributed by atoms with Crippen molar-refractivity contribution in [3.63, 3.8) is 0 Å². The van der Waals surface area contributed by atoms with Crippen LogP contribution in [0.1, 0.15) is 367 Å². The monoisotopic (exact) mass is 936 g/mol. The maximum atomic E-state index is 2.89. The summed E-state index contributed by atoms with van der Waals surface area (Å²) in [6.45, 7) is 11.0. The van der Waals surface area contributed by atoms with Crippen molar-refractivity contribution in [3.05, 3.63) is 36.5 Å². The molecule has 0 saturated carbocycles. The molecule has 0 aromatic heterocycles. The van der Waals surface area contributed by atoms with E-state index in [0.717, 1.165) is 0 Å². The van der Waals surface area contributed by atoms with E-state index in [2.05, 4.69) is 62.1 Å². The van der Waals surface area contributed by atoms with Gasteiger partial charge in [0.05, 0.1) is 0 Å². The molecule has 67 heavy (non-hydrogen) atoms. The van der Waals surface area contributed by atoms with Crippen LogP contribution in [0.5, 0.6) is 0 Å². The summed E-state index contributed by atoms with van der Waals surface area (Å²) in [6.07, 6.45) is 91.6. The average molecular weight is 937 g/mol. The molecule has 0 atom stereocenters. The number of unbranched alkanes of at least 4 members (excludes halogenated alkanes) is 48. The smallest absolute Gasteiger partial charge is 0.00187 e. The van der Waals surface area contributed by atoms with Crippen LogP contribution in [0.25, 0.3) is 0 Å². The molecule has 0 rings (SSSR count). The van der Waals surface area contributed by atoms with Crippen molar-refractivity contribution in [2.75, 3.05) is 19.6 Å². The van der Waals surface area contributed by atoms with E-state index in [1.165, 1.54) is 366 Å². The van der Waals surface area contributed by atoms with Crippen LogP contribution in [0.2, 0.25) is 0 Å². The Hall–Kier alpha value is -0.820. The van der Waals surface area contributed by atoms with Gasteiger partial charge in [-0.2, -0.15) is 0 Å². The lowest BCUT2D eigenvalue weighted by molar-refractivity contribution is 0.254. The summed E-state index contributed by atoms with van der Waals surface area (Å²) in [6, 6.07) is 0. The molecule has 0 saturated heterocycles. The molecule has 0 radical (unpaired) electrons. The Kier molecular flexibility index (Phi) is 62.4. The fraction of sp³-hybridized carbons (Fsp3) is 0.909. The van der Waals surface area contributed by atoms with Gasteiger partial charge in [-0.15, -0.1) is 0 Å². The van der Waals surface area contributed by atoms with Crippen LogP contribution in [-0.2, 0) is 0 Å². The molecule has 0 spiro atoms. The highest BCUT2D eigenvalue weighted by Crippen LogP contribution is 2.17. The molecule has 0 heterocycles. The molecule has 1 nitrogen and oxygen atoms in total. The topological polar surface area (TPSA) is 3.24 Å². The molecule has 0 N–H and O–H groups in total. The Morgan fingerprint density at radius 1 is 0.164 bits per heavy atom. The van der Waals surface area contributed by atoms with Crippen LogP contribution in [-0.4, -0.2) is 24.5 Å². The number of allylic oxidation sites excluding steroid dienone is 6. The molecule has 398 valence electrons. The second-order valence-electron chi connectivity index (χ2n) is 21.9. The van der Waals surface area contributed by atoms with Gasteiger partial charge in [-0.25, -0.2) is 0 Å². The van der Waals surface area contributed by atoms with Gasteiger partial charge in [0.2, 0.25) is 0 Å². The summed E-state index contributed by atoms with van der Waals surface area (Å²) in [5.74, 6) is 0. The summed E-state index contributed by atoms with van der Waals surface area (Å²) in [5, 5.41) is 0. The van der Waals surface area contributed by atoms with Crippen molar-refractivity contribution in [1.29, 1.82) is 0 Å². The van der Waals surface area contributed by atoms with Gasteiger partial charge in [-0.3, -0.25) is 0 Å². The van der Waals surface area contributed by atoms with Crippen molar-refractivity contribution in [2.24, 2.45) is 0 Å². The van der Waals surface area contributed by atoms with Crippen LogP contribution in [0.15, 0.2) is 36.5 Å². The lowest BCUT2D eigenvalue weighted by Crippen LogP contribution is -2.27. The highest BCUT2D eigenvalue weighted by atomic mass is 15.1. The molecule has 0 fully saturated rings.